The van der Waals surface area contributed by atoms with E-state index in [-0.39, 0.29) is 11.7 Å². The number of thioether (sulfide) groups is 1. The van der Waals surface area contributed by atoms with Crippen LogP contribution in [0, 0.1) is 29.0 Å². The van der Waals surface area contributed by atoms with Crippen LogP contribution >= 0.6 is 11.8 Å². The zero-order chi connectivity index (χ0) is 20.0. The van der Waals surface area contributed by atoms with Crippen LogP contribution in [-0.4, -0.2) is 33.0 Å². The Balaban J connectivity index is 1.17. The second kappa shape index (κ2) is 7.42. The fraction of sp³-hybridized carbons (Fsp3) is 0.591. The maximum atomic E-state index is 14.0. The number of rotatable bonds is 6. The van der Waals surface area contributed by atoms with Crippen molar-refractivity contribution in [1.82, 2.24) is 20.1 Å². The van der Waals surface area contributed by atoms with Crippen LogP contribution in [0.4, 0.5) is 4.39 Å². The second-order valence-electron chi connectivity index (χ2n) is 9.33. The third-order valence-electron chi connectivity index (χ3n) is 7.11. The molecule has 4 bridgehead atoms. The van der Waals surface area contributed by atoms with Crippen molar-refractivity contribution >= 4 is 17.7 Å². The Morgan fingerprint density at radius 2 is 1.83 bits per heavy atom. The molecule has 2 aromatic rings. The Morgan fingerprint density at radius 3 is 2.48 bits per heavy atom. The molecule has 4 saturated carbocycles. The van der Waals surface area contributed by atoms with Gasteiger partial charge in [-0.3, -0.25) is 4.79 Å². The van der Waals surface area contributed by atoms with Gasteiger partial charge in [-0.15, -0.1) is 10.2 Å². The van der Waals surface area contributed by atoms with Crippen LogP contribution < -0.4 is 5.32 Å². The highest BCUT2D eigenvalue weighted by molar-refractivity contribution is 7.99. The molecule has 1 amide bonds. The van der Waals surface area contributed by atoms with Gasteiger partial charge in [0.15, 0.2) is 11.0 Å². The van der Waals surface area contributed by atoms with E-state index in [1.807, 2.05) is 0 Å². The maximum Gasteiger partial charge on any atom is 0.230 e. The lowest BCUT2D eigenvalue weighted by Gasteiger charge is -2.56. The highest BCUT2D eigenvalue weighted by Gasteiger charge is 2.50. The largest absolute Gasteiger partial charge is 0.355 e. The minimum Gasteiger partial charge on any atom is -0.355 e. The standard InChI is InChI=1S/C22H27FN4OS/c1-27-20(17-4-2-3-5-18(17)23)25-26-21(27)29-12-19(28)24-13-22-9-14-6-15(10-22)8-16(7-14)11-22/h2-5,14-16H,6-13H2,1H3,(H,24,28). The molecular weight excluding hydrogens is 387 g/mol. The van der Waals surface area contributed by atoms with Crippen molar-refractivity contribution in [3.8, 4) is 11.4 Å². The normalized spacial score (nSPS) is 29.9. The summed E-state index contributed by atoms with van der Waals surface area (Å²) in [5, 5.41) is 12.1. The van der Waals surface area contributed by atoms with Crippen molar-refractivity contribution in [2.45, 2.75) is 43.7 Å². The van der Waals surface area contributed by atoms with Crippen LogP contribution in [0.1, 0.15) is 38.5 Å². The van der Waals surface area contributed by atoms with Crippen LogP contribution in [-0.2, 0) is 11.8 Å². The smallest absolute Gasteiger partial charge is 0.230 e. The third-order valence-corrected chi connectivity index (χ3v) is 8.13. The van der Waals surface area contributed by atoms with E-state index in [0.29, 0.717) is 27.7 Å². The van der Waals surface area contributed by atoms with E-state index in [1.165, 1.54) is 56.4 Å². The Kier molecular flexibility index (Phi) is 4.88. The van der Waals surface area contributed by atoms with Gasteiger partial charge in [0.2, 0.25) is 5.91 Å². The summed E-state index contributed by atoms with van der Waals surface area (Å²) >= 11 is 1.35. The average molecular weight is 415 g/mol. The molecule has 0 unspecified atom stereocenters. The molecule has 0 atom stereocenters. The molecule has 1 heterocycles. The van der Waals surface area contributed by atoms with Gasteiger partial charge >= 0.3 is 0 Å². The van der Waals surface area contributed by atoms with Crippen molar-refractivity contribution in [2.75, 3.05) is 12.3 Å². The van der Waals surface area contributed by atoms with E-state index in [0.717, 1.165) is 24.3 Å². The molecule has 7 heteroatoms. The van der Waals surface area contributed by atoms with Gasteiger partial charge in [-0.25, -0.2) is 4.39 Å². The predicted octanol–water partition coefficient (Wildman–Crippen LogP) is 4.05. The van der Waals surface area contributed by atoms with Gasteiger partial charge in [-0.2, -0.15) is 0 Å². The van der Waals surface area contributed by atoms with Gasteiger partial charge in [0.25, 0.3) is 0 Å². The minimum atomic E-state index is -0.326. The number of amides is 1. The lowest BCUT2D eigenvalue weighted by molar-refractivity contribution is -0.120. The molecule has 29 heavy (non-hydrogen) atoms. The Bertz CT molecular complexity index is 892. The molecular formula is C22H27FN4OS. The van der Waals surface area contributed by atoms with E-state index < -0.39 is 0 Å². The number of nitrogens with zero attached hydrogens (tertiary/aromatic N) is 3. The van der Waals surface area contributed by atoms with Crippen molar-refractivity contribution in [2.24, 2.45) is 30.2 Å². The number of aromatic nitrogens is 3. The summed E-state index contributed by atoms with van der Waals surface area (Å²) in [4.78, 5) is 12.5. The van der Waals surface area contributed by atoms with Crippen LogP contribution in [0.15, 0.2) is 29.4 Å². The predicted molar refractivity (Wildman–Crippen MR) is 111 cm³/mol. The molecule has 4 fully saturated rings. The molecule has 5 nitrogen and oxygen atoms in total. The van der Waals surface area contributed by atoms with E-state index in [2.05, 4.69) is 15.5 Å². The molecule has 4 aliphatic carbocycles. The van der Waals surface area contributed by atoms with E-state index in [4.69, 9.17) is 0 Å². The fourth-order valence-electron chi connectivity index (χ4n) is 6.29. The zero-order valence-corrected chi connectivity index (χ0v) is 17.6. The first kappa shape index (κ1) is 19.1. The molecule has 0 spiro atoms. The van der Waals surface area contributed by atoms with Gasteiger partial charge in [0, 0.05) is 13.6 Å². The van der Waals surface area contributed by atoms with Crippen LogP contribution in [0.2, 0.25) is 0 Å². The number of hydrogen-bond donors (Lipinski definition) is 1. The van der Waals surface area contributed by atoms with E-state index in [9.17, 15) is 9.18 Å². The van der Waals surface area contributed by atoms with E-state index >= 15 is 0 Å². The number of benzene rings is 1. The molecule has 0 aliphatic heterocycles. The number of carbonyl (C=O) groups is 1. The number of carbonyl (C=O) groups excluding carboxylic acids is 1. The molecule has 6 rings (SSSR count). The van der Waals surface area contributed by atoms with Crippen LogP contribution in [0.5, 0.6) is 0 Å². The van der Waals surface area contributed by atoms with Crippen LogP contribution in [0.25, 0.3) is 11.4 Å². The molecule has 4 aliphatic rings. The molecule has 154 valence electrons. The fourth-order valence-corrected chi connectivity index (χ4v) is 7.03. The SMILES string of the molecule is Cn1c(SCC(=O)NCC23CC4CC(CC(C4)C2)C3)nnc1-c1ccccc1F. The quantitative estimate of drug-likeness (QED) is 0.725. The van der Waals surface area contributed by atoms with Gasteiger partial charge in [0.05, 0.1) is 11.3 Å². The summed E-state index contributed by atoms with van der Waals surface area (Å²) in [5.41, 5.74) is 0.762. The highest BCUT2D eigenvalue weighted by atomic mass is 32.2. The van der Waals surface area contributed by atoms with Gasteiger partial charge in [0.1, 0.15) is 5.82 Å². The molecule has 0 radical (unpaired) electrons. The Hall–Kier alpha value is -1.89. The first-order valence-electron chi connectivity index (χ1n) is 10.6. The molecule has 0 saturated heterocycles. The van der Waals surface area contributed by atoms with Crippen molar-refractivity contribution in [3.05, 3.63) is 30.1 Å². The summed E-state index contributed by atoms with van der Waals surface area (Å²) in [6.07, 6.45) is 8.13. The van der Waals surface area contributed by atoms with E-state index in [1.54, 1.807) is 29.8 Å². The van der Waals surface area contributed by atoms with Gasteiger partial charge in [-0.1, -0.05) is 23.9 Å². The third kappa shape index (κ3) is 3.69. The highest BCUT2D eigenvalue weighted by Crippen LogP contribution is 2.59. The monoisotopic (exact) mass is 414 g/mol. The first-order chi connectivity index (χ1) is 14.0. The Labute approximate surface area is 174 Å². The molecule has 1 aromatic heterocycles. The number of nitrogens with one attached hydrogen (secondary N) is 1. The summed E-state index contributed by atoms with van der Waals surface area (Å²) < 4.78 is 15.8. The molecule has 1 aromatic carbocycles. The summed E-state index contributed by atoms with van der Waals surface area (Å²) in [6.45, 7) is 0.815. The first-order valence-corrected chi connectivity index (χ1v) is 11.5. The minimum absolute atomic E-state index is 0.0428. The van der Waals surface area contributed by atoms with Gasteiger partial charge < -0.3 is 9.88 Å². The lowest BCUT2D eigenvalue weighted by Crippen LogP contribution is -2.51. The molecule has 1 N–H and O–H groups in total. The summed E-state index contributed by atoms with van der Waals surface area (Å²) in [7, 11) is 1.80. The van der Waals surface area contributed by atoms with Crippen molar-refractivity contribution < 1.29 is 9.18 Å². The van der Waals surface area contributed by atoms with Crippen molar-refractivity contribution in [3.63, 3.8) is 0 Å². The number of hydrogen-bond acceptors (Lipinski definition) is 4. The van der Waals surface area contributed by atoms with Gasteiger partial charge in [-0.05, 0) is 73.8 Å². The Morgan fingerprint density at radius 1 is 1.17 bits per heavy atom. The average Bonchev–Trinajstić information content (AvgIpc) is 3.04. The topological polar surface area (TPSA) is 59.8 Å². The summed E-state index contributed by atoms with van der Waals surface area (Å²) in [5.74, 6) is 3.16. The maximum absolute atomic E-state index is 14.0. The zero-order valence-electron chi connectivity index (χ0n) is 16.7. The second-order valence-corrected chi connectivity index (χ2v) is 10.3. The number of halogens is 1. The summed E-state index contributed by atoms with van der Waals surface area (Å²) in [6, 6.07) is 6.53. The van der Waals surface area contributed by atoms with Crippen molar-refractivity contribution in [1.29, 1.82) is 0 Å². The lowest BCUT2D eigenvalue weighted by atomic mass is 9.49. The van der Waals surface area contributed by atoms with Crippen LogP contribution in [0.3, 0.4) is 0 Å².